The highest BCUT2D eigenvalue weighted by atomic mass is 16.5. The van der Waals surface area contributed by atoms with Crippen molar-refractivity contribution >= 4 is 18.0 Å². The van der Waals surface area contributed by atoms with E-state index < -0.39 is 24.0 Å². The predicted octanol–water partition coefficient (Wildman–Crippen LogP) is 4.70. The second-order valence-electron chi connectivity index (χ2n) is 9.55. The van der Waals surface area contributed by atoms with Crippen LogP contribution in [0.5, 0.6) is 0 Å². The smallest absolute Gasteiger partial charge is 0.407 e. The lowest BCUT2D eigenvalue weighted by Crippen LogP contribution is -2.49. The molecule has 35 heavy (non-hydrogen) atoms. The predicted molar refractivity (Wildman–Crippen MR) is 133 cm³/mol. The molecule has 0 saturated heterocycles. The van der Waals surface area contributed by atoms with E-state index in [4.69, 9.17) is 4.74 Å². The Hall–Kier alpha value is -3.35. The first-order valence-corrected chi connectivity index (χ1v) is 12.6. The molecule has 7 nitrogen and oxygen atoms in total. The summed E-state index contributed by atoms with van der Waals surface area (Å²) in [5.41, 5.74) is 4.57. The minimum atomic E-state index is -0.800. The number of fused-ring (bicyclic) bond motifs is 3. The van der Waals surface area contributed by atoms with Crippen LogP contribution in [0.25, 0.3) is 11.1 Å². The van der Waals surface area contributed by atoms with Gasteiger partial charge in [-0.1, -0.05) is 74.7 Å². The van der Waals surface area contributed by atoms with E-state index in [1.54, 1.807) is 0 Å². The molecule has 0 unspecified atom stereocenters. The Balaban J connectivity index is 1.33. The number of carbonyl (C=O) groups excluding carboxylic acids is 2. The van der Waals surface area contributed by atoms with Crippen molar-refractivity contribution in [2.24, 2.45) is 11.8 Å². The van der Waals surface area contributed by atoms with Gasteiger partial charge in [0.1, 0.15) is 12.6 Å². The Kier molecular flexibility index (Phi) is 8.06. The largest absolute Gasteiger partial charge is 0.481 e. The molecule has 0 radical (unpaired) electrons. The molecule has 1 fully saturated rings. The molecule has 0 spiro atoms. The fourth-order valence-electron chi connectivity index (χ4n) is 5.47. The molecule has 4 rings (SSSR count). The average molecular weight is 479 g/mol. The molecule has 0 bridgehead atoms. The van der Waals surface area contributed by atoms with Gasteiger partial charge in [-0.25, -0.2) is 4.79 Å². The summed E-state index contributed by atoms with van der Waals surface area (Å²) in [5, 5.41) is 15.1. The van der Waals surface area contributed by atoms with Crippen LogP contribution in [0, 0.1) is 11.8 Å². The second-order valence-corrected chi connectivity index (χ2v) is 9.55. The number of rotatable bonds is 9. The zero-order valence-electron chi connectivity index (χ0n) is 20.2. The van der Waals surface area contributed by atoms with Crippen molar-refractivity contribution in [1.29, 1.82) is 0 Å². The van der Waals surface area contributed by atoms with Crippen LogP contribution in [0.4, 0.5) is 4.79 Å². The lowest BCUT2D eigenvalue weighted by molar-refractivity contribution is -0.145. The summed E-state index contributed by atoms with van der Waals surface area (Å²) in [5.74, 6) is -1.66. The lowest BCUT2D eigenvalue weighted by Gasteiger charge is -2.29. The van der Waals surface area contributed by atoms with Gasteiger partial charge in [0.25, 0.3) is 0 Å². The Morgan fingerprint density at radius 3 is 2.26 bits per heavy atom. The van der Waals surface area contributed by atoms with Crippen molar-refractivity contribution in [2.75, 3.05) is 13.2 Å². The van der Waals surface area contributed by atoms with Crippen molar-refractivity contribution in [2.45, 2.75) is 57.4 Å². The number of hydrogen-bond acceptors (Lipinski definition) is 4. The van der Waals surface area contributed by atoms with E-state index in [9.17, 15) is 19.5 Å². The zero-order chi connectivity index (χ0) is 24.8. The summed E-state index contributed by atoms with van der Waals surface area (Å²) < 4.78 is 5.60. The zero-order valence-corrected chi connectivity index (χ0v) is 20.2. The minimum Gasteiger partial charge on any atom is -0.481 e. The van der Waals surface area contributed by atoms with Crippen LogP contribution in [0.2, 0.25) is 0 Å². The summed E-state index contributed by atoms with van der Waals surface area (Å²) in [4.78, 5) is 37.1. The normalized spacial score (nSPS) is 19.8. The van der Waals surface area contributed by atoms with Crippen LogP contribution in [0.1, 0.15) is 62.5 Å². The van der Waals surface area contributed by atoms with E-state index in [-0.39, 0.29) is 24.3 Å². The first-order chi connectivity index (χ1) is 17.0. The van der Waals surface area contributed by atoms with Gasteiger partial charge in [-0.3, -0.25) is 9.59 Å². The third kappa shape index (κ3) is 5.66. The van der Waals surface area contributed by atoms with Gasteiger partial charge < -0.3 is 20.5 Å². The van der Waals surface area contributed by atoms with Gasteiger partial charge in [-0.2, -0.15) is 0 Å². The molecule has 186 valence electrons. The molecular formula is C28H34N2O5. The quantitative estimate of drug-likeness (QED) is 0.485. The van der Waals surface area contributed by atoms with Crippen molar-refractivity contribution in [1.82, 2.24) is 10.6 Å². The number of aliphatic carboxylic acids is 1. The van der Waals surface area contributed by atoms with Crippen LogP contribution < -0.4 is 10.6 Å². The number of hydrogen-bond donors (Lipinski definition) is 3. The Bertz CT molecular complexity index is 1020. The molecule has 2 aliphatic carbocycles. The summed E-state index contributed by atoms with van der Waals surface area (Å²) in [6, 6.07) is 15.5. The van der Waals surface area contributed by atoms with Crippen LogP contribution in [-0.2, 0) is 14.3 Å². The van der Waals surface area contributed by atoms with Gasteiger partial charge in [-0.15, -0.1) is 0 Å². The van der Waals surface area contributed by atoms with Crippen LogP contribution in [-0.4, -0.2) is 42.3 Å². The second kappa shape index (κ2) is 11.4. The number of ether oxygens (including phenoxy) is 1. The number of carboxylic acids is 1. The fraction of sp³-hybridized carbons (Fsp3) is 0.464. The summed E-state index contributed by atoms with van der Waals surface area (Å²) in [6.07, 6.45) is 3.87. The summed E-state index contributed by atoms with van der Waals surface area (Å²) >= 11 is 0. The van der Waals surface area contributed by atoms with E-state index in [1.807, 2.05) is 31.2 Å². The number of nitrogens with one attached hydrogen (secondary N) is 2. The molecule has 2 aromatic carbocycles. The van der Waals surface area contributed by atoms with Gasteiger partial charge in [0.05, 0.1) is 5.92 Å². The Labute approximate surface area is 206 Å². The van der Waals surface area contributed by atoms with Crippen molar-refractivity contribution in [3.63, 3.8) is 0 Å². The highest BCUT2D eigenvalue weighted by molar-refractivity contribution is 5.85. The molecule has 0 heterocycles. The van der Waals surface area contributed by atoms with E-state index in [0.717, 1.165) is 41.5 Å². The van der Waals surface area contributed by atoms with Crippen molar-refractivity contribution in [3.05, 3.63) is 59.7 Å². The Morgan fingerprint density at radius 1 is 1.00 bits per heavy atom. The molecule has 0 aromatic heterocycles. The fourth-order valence-corrected chi connectivity index (χ4v) is 5.47. The SMILES string of the molecule is CCC[C@@H](NC(=O)OCC1c2ccccc2-c2ccccc21)C(=O)NC[C@@H]1CCCC[C@@H]1C(=O)O. The standard InChI is InChI=1S/C28H34N2O5/c1-2-9-25(26(31)29-16-18-10-3-4-11-19(18)27(32)33)30-28(34)35-17-24-22-14-7-5-12-20(22)21-13-6-8-15-23(21)24/h5-8,12-15,18-19,24-25H,2-4,9-11,16-17H2,1H3,(H,29,31)(H,30,34)(H,32,33)/t18-,19-,25+/m0/s1. The van der Waals surface area contributed by atoms with Crippen molar-refractivity contribution in [3.8, 4) is 11.1 Å². The highest BCUT2D eigenvalue weighted by Gasteiger charge is 2.32. The topological polar surface area (TPSA) is 105 Å². The maximum absolute atomic E-state index is 12.8. The highest BCUT2D eigenvalue weighted by Crippen LogP contribution is 2.44. The molecule has 2 amide bonds. The minimum absolute atomic E-state index is 0.0501. The number of benzene rings is 2. The average Bonchev–Trinajstić information content (AvgIpc) is 3.19. The first-order valence-electron chi connectivity index (χ1n) is 12.6. The third-order valence-electron chi connectivity index (χ3n) is 7.29. The maximum atomic E-state index is 12.8. The van der Waals surface area contributed by atoms with E-state index in [2.05, 4.69) is 34.9 Å². The van der Waals surface area contributed by atoms with Crippen LogP contribution in [0.3, 0.4) is 0 Å². The van der Waals surface area contributed by atoms with Gasteiger partial charge >= 0.3 is 12.1 Å². The van der Waals surface area contributed by atoms with Crippen molar-refractivity contribution < 1.29 is 24.2 Å². The van der Waals surface area contributed by atoms with Gasteiger partial charge in [0, 0.05) is 12.5 Å². The number of amides is 2. The lowest BCUT2D eigenvalue weighted by atomic mass is 9.79. The van der Waals surface area contributed by atoms with Gasteiger partial charge in [0.2, 0.25) is 5.91 Å². The number of carbonyl (C=O) groups is 3. The van der Waals surface area contributed by atoms with Gasteiger partial charge in [-0.05, 0) is 47.4 Å². The summed E-state index contributed by atoms with van der Waals surface area (Å²) in [6.45, 7) is 2.44. The molecule has 0 aliphatic heterocycles. The molecule has 2 aromatic rings. The summed E-state index contributed by atoms with van der Waals surface area (Å²) in [7, 11) is 0. The maximum Gasteiger partial charge on any atom is 0.407 e. The molecule has 3 atom stereocenters. The molecule has 3 N–H and O–H groups in total. The molecule has 7 heteroatoms. The van der Waals surface area contributed by atoms with Crippen LogP contribution in [0.15, 0.2) is 48.5 Å². The Morgan fingerprint density at radius 2 is 1.63 bits per heavy atom. The third-order valence-corrected chi connectivity index (χ3v) is 7.29. The van der Waals surface area contributed by atoms with Crippen LogP contribution >= 0.6 is 0 Å². The van der Waals surface area contributed by atoms with E-state index >= 15 is 0 Å². The first kappa shape index (κ1) is 24.8. The monoisotopic (exact) mass is 478 g/mol. The van der Waals surface area contributed by atoms with Gasteiger partial charge in [0.15, 0.2) is 0 Å². The molecule has 2 aliphatic rings. The molecule has 1 saturated carbocycles. The van der Waals surface area contributed by atoms with E-state index in [1.165, 1.54) is 0 Å². The van der Waals surface area contributed by atoms with E-state index in [0.29, 0.717) is 25.8 Å². The molecular weight excluding hydrogens is 444 g/mol. The number of alkyl carbamates (subject to hydrolysis) is 1. The number of carboxylic acid groups (broad SMARTS) is 1.